The molecule has 0 unspecified atom stereocenters. The summed E-state index contributed by atoms with van der Waals surface area (Å²) in [7, 11) is 1.34. The molecule has 2 aromatic rings. The summed E-state index contributed by atoms with van der Waals surface area (Å²) in [6, 6.07) is 5.95. The second-order valence-electron chi connectivity index (χ2n) is 5.74. The van der Waals surface area contributed by atoms with Gasteiger partial charge in [-0.15, -0.1) is 0 Å². The molecule has 5 nitrogen and oxygen atoms in total. The molecule has 2 N–H and O–H groups in total. The van der Waals surface area contributed by atoms with Crippen molar-refractivity contribution in [3.8, 4) is 0 Å². The number of aromatic amines is 1. The number of amides is 1. The molecule has 24 heavy (non-hydrogen) atoms. The van der Waals surface area contributed by atoms with E-state index >= 15 is 0 Å². The second kappa shape index (κ2) is 7.34. The number of carbonyl (C=O) groups excluding carboxylic acids is 2. The predicted molar refractivity (Wildman–Crippen MR) is 94.8 cm³/mol. The molecule has 2 rings (SSSR count). The third-order valence-corrected chi connectivity index (χ3v) is 4.28. The quantitative estimate of drug-likeness (QED) is 0.820. The Balaban J connectivity index is 2.42. The highest BCUT2D eigenvalue weighted by molar-refractivity contribution is 6.07. The van der Waals surface area contributed by atoms with Gasteiger partial charge in [-0.25, -0.2) is 4.79 Å². The number of aryl methyl sites for hydroxylation is 3. The number of ether oxygens (including phenoxy) is 1. The van der Waals surface area contributed by atoms with E-state index in [1.165, 1.54) is 7.11 Å². The van der Waals surface area contributed by atoms with E-state index in [2.05, 4.69) is 17.2 Å². The van der Waals surface area contributed by atoms with Crippen molar-refractivity contribution in [3.63, 3.8) is 0 Å². The molecule has 0 radical (unpaired) electrons. The van der Waals surface area contributed by atoms with E-state index in [1.807, 2.05) is 32.0 Å². The maximum absolute atomic E-state index is 12.8. The number of methoxy groups -OCH3 is 1. The largest absolute Gasteiger partial charge is 0.465 e. The van der Waals surface area contributed by atoms with Crippen molar-refractivity contribution in [2.75, 3.05) is 12.4 Å². The van der Waals surface area contributed by atoms with Crippen LogP contribution in [0.2, 0.25) is 0 Å². The van der Waals surface area contributed by atoms with Crippen LogP contribution in [-0.4, -0.2) is 24.0 Å². The van der Waals surface area contributed by atoms with Gasteiger partial charge in [0.2, 0.25) is 0 Å². The van der Waals surface area contributed by atoms with Gasteiger partial charge in [0.25, 0.3) is 5.91 Å². The number of hydrogen-bond acceptors (Lipinski definition) is 3. The number of carbonyl (C=O) groups is 2. The van der Waals surface area contributed by atoms with Gasteiger partial charge in [0.1, 0.15) is 5.69 Å². The van der Waals surface area contributed by atoms with Crippen molar-refractivity contribution in [1.82, 2.24) is 4.98 Å². The number of hydrogen-bond donors (Lipinski definition) is 2. The Kier molecular flexibility index (Phi) is 5.44. The number of para-hydroxylation sites is 1. The van der Waals surface area contributed by atoms with Crippen molar-refractivity contribution in [1.29, 1.82) is 0 Å². The van der Waals surface area contributed by atoms with Gasteiger partial charge in [-0.3, -0.25) is 4.79 Å². The monoisotopic (exact) mass is 328 g/mol. The molecule has 0 bridgehead atoms. The third-order valence-electron chi connectivity index (χ3n) is 4.28. The van der Waals surface area contributed by atoms with Gasteiger partial charge in [-0.2, -0.15) is 0 Å². The molecule has 0 saturated carbocycles. The highest BCUT2D eigenvalue weighted by atomic mass is 16.5. The third kappa shape index (κ3) is 3.20. The molecule has 5 heteroatoms. The summed E-state index contributed by atoms with van der Waals surface area (Å²) in [5.41, 5.74) is 5.10. The van der Waals surface area contributed by atoms with Crippen LogP contribution in [0.25, 0.3) is 0 Å². The lowest BCUT2D eigenvalue weighted by Gasteiger charge is -2.12. The SMILES string of the molecule is CCc1cccc(C)c1NC(=O)c1[nH]c(CC)c(C(=O)OC)c1C. The molecule has 1 aromatic heterocycles. The number of rotatable bonds is 5. The van der Waals surface area contributed by atoms with Crippen molar-refractivity contribution in [2.45, 2.75) is 40.5 Å². The smallest absolute Gasteiger partial charge is 0.339 e. The van der Waals surface area contributed by atoms with Gasteiger partial charge >= 0.3 is 5.97 Å². The molecule has 1 aromatic carbocycles. The molecule has 128 valence electrons. The van der Waals surface area contributed by atoms with Crippen LogP contribution < -0.4 is 5.32 Å². The minimum absolute atomic E-state index is 0.249. The second-order valence-corrected chi connectivity index (χ2v) is 5.74. The van der Waals surface area contributed by atoms with Crippen molar-refractivity contribution in [2.24, 2.45) is 0 Å². The molecule has 0 atom stereocenters. The van der Waals surface area contributed by atoms with Gasteiger partial charge in [-0.1, -0.05) is 32.0 Å². The Morgan fingerprint density at radius 3 is 2.46 bits per heavy atom. The van der Waals surface area contributed by atoms with E-state index in [0.29, 0.717) is 28.9 Å². The van der Waals surface area contributed by atoms with Crippen LogP contribution >= 0.6 is 0 Å². The minimum Gasteiger partial charge on any atom is -0.465 e. The first-order valence-electron chi connectivity index (χ1n) is 8.14. The zero-order valence-electron chi connectivity index (χ0n) is 14.9. The Morgan fingerprint density at radius 2 is 1.88 bits per heavy atom. The average molecular weight is 328 g/mol. The average Bonchev–Trinajstić information content (AvgIpc) is 2.92. The zero-order chi connectivity index (χ0) is 17.9. The molecular weight excluding hydrogens is 304 g/mol. The molecule has 0 aliphatic heterocycles. The maximum atomic E-state index is 12.8. The minimum atomic E-state index is -0.426. The fourth-order valence-electron chi connectivity index (χ4n) is 2.91. The van der Waals surface area contributed by atoms with E-state index in [4.69, 9.17) is 4.74 Å². The highest BCUT2D eigenvalue weighted by Crippen LogP contribution is 2.24. The van der Waals surface area contributed by atoms with E-state index < -0.39 is 5.97 Å². The van der Waals surface area contributed by atoms with E-state index in [1.54, 1.807) is 6.92 Å². The van der Waals surface area contributed by atoms with Crippen LogP contribution in [0.5, 0.6) is 0 Å². The van der Waals surface area contributed by atoms with Crippen LogP contribution in [-0.2, 0) is 17.6 Å². The fourth-order valence-corrected chi connectivity index (χ4v) is 2.91. The standard InChI is InChI=1S/C19H24N2O3/c1-6-13-10-8-9-11(3)16(13)21-18(22)17-12(4)15(19(23)24-5)14(7-2)20-17/h8-10,20H,6-7H2,1-5H3,(H,21,22). The number of H-pyrrole nitrogens is 1. The van der Waals surface area contributed by atoms with Gasteiger partial charge in [0, 0.05) is 11.4 Å². The van der Waals surface area contributed by atoms with Gasteiger partial charge in [0.05, 0.1) is 12.7 Å². The van der Waals surface area contributed by atoms with Crippen molar-refractivity contribution < 1.29 is 14.3 Å². The Bertz CT molecular complexity index is 775. The summed E-state index contributed by atoms with van der Waals surface area (Å²) in [5, 5.41) is 2.99. The van der Waals surface area contributed by atoms with Crippen LogP contribution in [0.3, 0.4) is 0 Å². The molecule has 0 aliphatic carbocycles. The fraction of sp³-hybridized carbons (Fsp3) is 0.368. The van der Waals surface area contributed by atoms with Crippen LogP contribution in [0.15, 0.2) is 18.2 Å². The molecule has 0 saturated heterocycles. The molecule has 0 aliphatic rings. The number of benzene rings is 1. The van der Waals surface area contributed by atoms with Gasteiger partial charge < -0.3 is 15.0 Å². The van der Waals surface area contributed by atoms with Crippen molar-refractivity contribution >= 4 is 17.6 Å². The van der Waals surface area contributed by atoms with E-state index in [-0.39, 0.29) is 5.91 Å². The predicted octanol–water partition coefficient (Wildman–Crippen LogP) is 3.80. The highest BCUT2D eigenvalue weighted by Gasteiger charge is 2.24. The summed E-state index contributed by atoms with van der Waals surface area (Å²) in [5.74, 6) is -0.675. The van der Waals surface area contributed by atoms with Crippen LogP contribution in [0.4, 0.5) is 5.69 Å². The first-order valence-corrected chi connectivity index (χ1v) is 8.14. The number of esters is 1. The summed E-state index contributed by atoms with van der Waals surface area (Å²) in [6.45, 7) is 7.70. The van der Waals surface area contributed by atoms with Gasteiger partial charge in [0.15, 0.2) is 0 Å². The summed E-state index contributed by atoms with van der Waals surface area (Å²) >= 11 is 0. The lowest BCUT2D eigenvalue weighted by atomic mass is 10.1. The van der Waals surface area contributed by atoms with E-state index in [9.17, 15) is 9.59 Å². The summed E-state index contributed by atoms with van der Waals surface area (Å²) in [4.78, 5) is 27.8. The van der Waals surface area contributed by atoms with Gasteiger partial charge in [-0.05, 0) is 43.4 Å². The lowest BCUT2D eigenvalue weighted by molar-refractivity contribution is 0.0599. The lowest BCUT2D eigenvalue weighted by Crippen LogP contribution is -2.16. The first-order chi connectivity index (χ1) is 11.4. The van der Waals surface area contributed by atoms with Crippen LogP contribution in [0, 0.1) is 13.8 Å². The molecule has 1 amide bonds. The number of aromatic nitrogens is 1. The topological polar surface area (TPSA) is 71.2 Å². The van der Waals surface area contributed by atoms with Crippen molar-refractivity contribution in [3.05, 3.63) is 51.8 Å². The normalized spacial score (nSPS) is 10.5. The first kappa shape index (κ1) is 17.8. The molecule has 0 spiro atoms. The Morgan fingerprint density at radius 1 is 1.17 bits per heavy atom. The maximum Gasteiger partial charge on any atom is 0.339 e. The Hall–Kier alpha value is -2.56. The molecular formula is C19H24N2O3. The van der Waals surface area contributed by atoms with Crippen LogP contribution in [0.1, 0.15) is 57.1 Å². The molecule has 0 fully saturated rings. The van der Waals surface area contributed by atoms with E-state index in [0.717, 1.165) is 23.2 Å². The molecule has 1 heterocycles. The Labute approximate surface area is 142 Å². The summed E-state index contributed by atoms with van der Waals surface area (Å²) in [6.07, 6.45) is 1.44. The number of nitrogens with one attached hydrogen (secondary N) is 2. The summed E-state index contributed by atoms with van der Waals surface area (Å²) < 4.78 is 4.84. The number of anilines is 1. The zero-order valence-corrected chi connectivity index (χ0v) is 14.9.